The van der Waals surface area contributed by atoms with Crippen LogP contribution in [0.25, 0.3) is 0 Å². The number of piperazine rings is 1. The van der Waals surface area contributed by atoms with Crippen LogP contribution in [0, 0.1) is 5.92 Å². The van der Waals surface area contributed by atoms with Crippen LogP contribution in [0.15, 0.2) is 18.3 Å². The SMILES string of the molecule is NCc1ccc(N2CCN(C(=O)C3CCC3)CC2)nc1. The number of hydrogen-bond donors (Lipinski definition) is 1. The minimum absolute atomic E-state index is 0.309. The van der Waals surface area contributed by atoms with Crippen molar-refractivity contribution >= 4 is 11.7 Å². The largest absolute Gasteiger partial charge is 0.353 e. The van der Waals surface area contributed by atoms with Crippen molar-refractivity contribution < 1.29 is 4.79 Å². The second-order valence-electron chi connectivity index (χ2n) is 5.67. The molecule has 5 nitrogen and oxygen atoms in total. The molecule has 1 aromatic heterocycles. The second-order valence-corrected chi connectivity index (χ2v) is 5.67. The minimum Gasteiger partial charge on any atom is -0.353 e. The number of amides is 1. The molecule has 0 aromatic carbocycles. The van der Waals surface area contributed by atoms with E-state index in [1.165, 1.54) is 6.42 Å². The van der Waals surface area contributed by atoms with E-state index in [0.717, 1.165) is 50.4 Å². The number of pyridine rings is 1. The average Bonchev–Trinajstić information content (AvgIpc) is 2.46. The molecule has 2 N–H and O–H groups in total. The third-order valence-corrected chi connectivity index (χ3v) is 4.41. The van der Waals surface area contributed by atoms with Gasteiger partial charge in [-0.3, -0.25) is 4.79 Å². The van der Waals surface area contributed by atoms with Crippen LogP contribution in [0.3, 0.4) is 0 Å². The third-order valence-electron chi connectivity index (χ3n) is 4.41. The molecule has 1 aromatic rings. The highest BCUT2D eigenvalue weighted by atomic mass is 16.2. The number of carbonyl (C=O) groups is 1. The number of carbonyl (C=O) groups excluding carboxylic acids is 1. The van der Waals surface area contributed by atoms with Crippen LogP contribution in [0.2, 0.25) is 0 Å². The molecule has 1 saturated heterocycles. The predicted molar refractivity (Wildman–Crippen MR) is 78.3 cm³/mol. The van der Waals surface area contributed by atoms with Crippen LogP contribution < -0.4 is 10.6 Å². The molecule has 0 bridgehead atoms. The molecular formula is C15H22N4O. The first kappa shape index (κ1) is 13.4. The summed E-state index contributed by atoms with van der Waals surface area (Å²) in [6.45, 7) is 3.89. The fourth-order valence-electron chi connectivity index (χ4n) is 2.79. The molecule has 0 radical (unpaired) electrons. The number of nitrogens with zero attached hydrogens (tertiary/aromatic N) is 3. The highest BCUT2D eigenvalue weighted by molar-refractivity contribution is 5.79. The maximum absolute atomic E-state index is 12.2. The zero-order valence-corrected chi connectivity index (χ0v) is 11.8. The number of rotatable bonds is 3. The van der Waals surface area contributed by atoms with Crippen LogP contribution >= 0.6 is 0 Å². The van der Waals surface area contributed by atoms with Crippen molar-refractivity contribution in [3.8, 4) is 0 Å². The van der Waals surface area contributed by atoms with E-state index in [1.807, 2.05) is 23.2 Å². The topological polar surface area (TPSA) is 62.5 Å². The van der Waals surface area contributed by atoms with Crippen molar-refractivity contribution in [1.29, 1.82) is 0 Å². The maximum Gasteiger partial charge on any atom is 0.225 e. The van der Waals surface area contributed by atoms with E-state index < -0.39 is 0 Å². The van der Waals surface area contributed by atoms with Gasteiger partial charge in [-0.1, -0.05) is 12.5 Å². The Labute approximate surface area is 119 Å². The lowest BCUT2D eigenvalue weighted by molar-refractivity contribution is -0.138. The molecule has 20 heavy (non-hydrogen) atoms. The van der Waals surface area contributed by atoms with Gasteiger partial charge >= 0.3 is 0 Å². The predicted octanol–water partition coefficient (Wildman–Crippen LogP) is 0.989. The molecule has 2 fully saturated rings. The van der Waals surface area contributed by atoms with Gasteiger partial charge in [0.05, 0.1) is 0 Å². The van der Waals surface area contributed by atoms with Crippen molar-refractivity contribution in [1.82, 2.24) is 9.88 Å². The molecule has 2 aliphatic rings. The monoisotopic (exact) mass is 274 g/mol. The third kappa shape index (κ3) is 2.63. The van der Waals surface area contributed by atoms with Crippen LogP contribution in [0.5, 0.6) is 0 Å². The number of anilines is 1. The number of aromatic nitrogens is 1. The number of nitrogens with two attached hydrogens (primary N) is 1. The molecule has 0 atom stereocenters. The summed E-state index contributed by atoms with van der Waals surface area (Å²) in [7, 11) is 0. The summed E-state index contributed by atoms with van der Waals surface area (Å²) < 4.78 is 0. The van der Waals surface area contributed by atoms with Crippen molar-refractivity contribution in [3.05, 3.63) is 23.9 Å². The van der Waals surface area contributed by atoms with Gasteiger partial charge in [-0.05, 0) is 24.5 Å². The van der Waals surface area contributed by atoms with Gasteiger partial charge in [0.15, 0.2) is 0 Å². The zero-order chi connectivity index (χ0) is 13.9. The molecule has 108 valence electrons. The molecule has 1 saturated carbocycles. The molecule has 5 heteroatoms. The van der Waals surface area contributed by atoms with Crippen LogP contribution in [0.4, 0.5) is 5.82 Å². The minimum atomic E-state index is 0.309. The van der Waals surface area contributed by atoms with Gasteiger partial charge in [-0.15, -0.1) is 0 Å². The molecule has 0 unspecified atom stereocenters. The summed E-state index contributed by atoms with van der Waals surface area (Å²) in [5, 5.41) is 0. The Hall–Kier alpha value is -1.62. The first-order valence-electron chi connectivity index (χ1n) is 7.46. The summed E-state index contributed by atoms with van der Waals surface area (Å²) in [6.07, 6.45) is 5.22. The van der Waals surface area contributed by atoms with E-state index >= 15 is 0 Å². The van der Waals surface area contributed by atoms with Crippen molar-refractivity contribution in [2.75, 3.05) is 31.1 Å². The number of hydrogen-bond acceptors (Lipinski definition) is 4. The Morgan fingerprint density at radius 2 is 2.00 bits per heavy atom. The molecule has 0 spiro atoms. The van der Waals surface area contributed by atoms with Gasteiger partial charge in [-0.2, -0.15) is 0 Å². The first-order chi connectivity index (χ1) is 9.78. The highest BCUT2D eigenvalue weighted by Crippen LogP contribution is 2.28. The fourth-order valence-corrected chi connectivity index (χ4v) is 2.79. The Morgan fingerprint density at radius 3 is 2.50 bits per heavy atom. The van der Waals surface area contributed by atoms with E-state index in [2.05, 4.69) is 9.88 Å². The summed E-state index contributed by atoms with van der Waals surface area (Å²) >= 11 is 0. The van der Waals surface area contributed by atoms with Gasteiger partial charge < -0.3 is 15.5 Å². The first-order valence-corrected chi connectivity index (χ1v) is 7.46. The van der Waals surface area contributed by atoms with E-state index in [0.29, 0.717) is 18.4 Å². The molecule has 1 aliphatic carbocycles. The fraction of sp³-hybridized carbons (Fsp3) is 0.600. The zero-order valence-electron chi connectivity index (χ0n) is 11.8. The van der Waals surface area contributed by atoms with Crippen molar-refractivity contribution in [2.45, 2.75) is 25.8 Å². The maximum atomic E-state index is 12.2. The quantitative estimate of drug-likeness (QED) is 0.893. The highest BCUT2D eigenvalue weighted by Gasteiger charge is 2.31. The summed E-state index contributed by atoms with van der Waals surface area (Å²) in [5.41, 5.74) is 6.63. The van der Waals surface area contributed by atoms with Crippen LogP contribution in [-0.4, -0.2) is 42.0 Å². The van der Waals surface area contributed by atoms with Crippen molar-refractivity contribution in [2.24, 2.45) is 11.7 Å². The summed E-state index contributed by atoms with van der Waals surface area (Å²) in [4.78, 5) is 20.9. The van der Waals surface area contributed by atoms with Gasteiger partial charge in [0.25, 0.3) is 0 Å². The van der Waals surface area contributed by atoms with Crippen LogP contribution in [0.1, 0.15) is 24.8 Å². The Morgan fingerprint density at radius 1 is 1.25 bits per heavy atom. The molecular weight excluding hydrogens is 252 g/mol. The van der Waals surface area contributed by atoms with Gasteiger partial charge in [0.1, 0.15) is 5.82 Å². The molecule has 1 amide bonds. The molecule has 1 aliphatic heterocycles. The lowest BCUT2D eigenvalue weighted by Gasteiger charge is -2.38. The lowest BCUT2D eigenvalue weighted by atomic mass is 9.84. The van der Waals surface area contributed by atoms with E-state index in [1.54, 1.807) is 0 Å². The summed E-state index contributed by atoms with van der Waals surface area (Å²) in [6, 6.07) is 4.04. The van der Waals surface area contributed by atoms with Gasteiger partial charge in [0.2, 0.25) is 5.91 Å². The van der Waals surface area contributed by atoms with Gasteiger partial charge in [-0.25, -0.2) is 4.98 Å². The van der Waals surface area contributed by atoms with E-state index in [9.17, 15) is 4.79 Å². The second kappa shape index (κ2) is 5.79. The molecule has 2 heterocycles. The smallest absolute Gasteiger partial charge is 0.225 e. The Balaban J connectivity index is 1.55. The standard InChI is InChI=1S/C15H22N4O/c16-10-12-4-5-14(17-11-12)18-6-8-19(9-7-18)15(20)13-2-1-3-13/h4-5,11,13H,1-3,6-10,16H2. The summed E-state index contributed by atoms with van der Waals surface area (Å²) in [5.74, 6) is 1.66. The van der Waals surface area contributed by atoms with Crippen LogP contribution in [-0.2, 0) is 11.3 Å². The average molecular weight is 274 g/mol. The van der Waals surface area contributed by atoms with E-state index in [4.69, 9.17) is 5.73 Å². The Bertz CT molecular complexity index is 461. The van der Waals surface area contributed by atoms with Gasteiger partial charge in [0, 0.05) is 44.8 Å². The Kier molecular flexibility index (Phi) is 3.87. The normalized spacial score (nSPS) is 19.9. The molecule has 3 rings (SSSR count). The lowest BCUT2D eigenvalue weighted by Crippen LogP contribution is -2.51. The van der Waals surface area contributed by atoms with E-state index in [-0.39, 0.29) is 0 Å². The van der Waals surface area contributed by atoms with Crippen molar-refractivity contribution in [3.63, 3.8) is 0 Å².